The monoisotopic (exact) mass is 280 g/mol. The molecule has 21 heavy (non-hydrogen) atoms. The third kappa shape index (κ3) is 4.28. The van der Waals surface area contributed by atoms with E-state index >= 15 is 0 Å². The fourth-order valence-corrected chi connectivity index (χ4v) is 2.16. The number of nitrogens with zero attached hydrogens (tertiary/aromatic N) is 4. The minimum atomic E-state index is 0.387. The second-order valence-corrected chi connectivity index (χ2v) is 4.96. The van der Waals surface area contributed by atoms with E-state index < -0.39 is 0 Å². The van der Waals surface area contributed by atoms with Crippen LogP contribution in [-0.2, 0) is 6.54 Å². The van der Waals surface area contributed by atoms with E-state index in [0.717, 1.165) is 24.2 Å². The Morgan fingerprint density at radius 3 is 2.67 bits per heavy atom. The number of rotatable bonds is 7. The van der Waals surface area contributed by atoms with Crippen molar-refractivity contribution in [2.75, 3.05) is 0 Å². The van der Waals surface area contributed by atoms with Gasteiger partial charge in [-0.3, -0.25) is 0 Å². The first-order chi connectivity index (χ1) is 10.3. The summed E-state index contributed by atoms with van der Waals surface area (Å²) < 4.78 is 1.83. The molecule has 1 aromatic heterocycles. The van der Waals surface area contributed by atoms with Crippen molar-refractivity contribution in [1.29, 1.82) is 5.26 Å². The van der Waals surface area contributed by atoms with Crippen molar-refractivity contribution in [2.24, 2.45) is 0 Å². The molecule has 0 radical (unpaired) electrons. The zero-order valence-electron chi connectivity index (χ0n) is 12.4. The molecule has 0 N–H and O–H groups in total. The molecule has 0 aliphatic rings. The van der Waals surface area contributed by atoms with Gasteiger partial charge in [-0.1, -0.05) is 67.8 Å². The minimum absolute atomic E-state index is 0.387. The summed E-state index contributed by atoms with van der Waals surface area (Å²) >= 11 is 0. The molecule has 0 aliphatic carbocycles. The average Bonchev–Trinajstić information content (AvgIpc) is 2.92. The molecular formula is C17H20N4. The van der Waals surface area contributed by atoms with Crippen LogP contribution in [-0.4, -0.2) is 15.0 Å². The molecule has 0 bridgehead atoms. The zero-order chi connectivity index (χ0) is 14.9. The molecule has 0 fully saturated rings. The summed E-state index contributed by atoms with van der Waals surface area (Å²) in [7, 11) is 0. The average molecular weight is 280 g/mol. The van der Waals surface area contributed by atoms with Crippen molar-refractivity contribution in [2.45, 2.75) is 39.2 Å². The molecule has 0 atom stereocenters. The van der Waals surface area contributed by atoms with Gasteiger partial charge >= 0.3 is 0 Å². The minimum Gasteiger partial charge on any atom is -0.244 e. The van der Waals surface area contributed by atoms with Crippen LogP contribution < -0.4 is 0 Å². The third-order valence-electron chi connectivity index (χ3n) is 3.34. The van der Waals surface area contributed by atoms with Crippen LogP contribution in [0.25, 0.3) is 12.2 Å². The van der Waals surface area contributed by atoms with E-state index in [4.69, 9.17) is 5.26 Å². The van der Waals surface area contributed by atoms with Crippen molar-refractivity contribution >= 4 is 12.2 Å². The first-order valence-electron chi connectivity index (χ1n) is 7.42. The van der Waals surface area contributed by atoms with E-state index in [9.17, 15) is 0 Å². The highest BCUT2D eigenvalue weighted by molar-refractivity contribution is 5.69. The number of aromatic nitrogens is 3. The lowest BCUT2D eigenvalue weighted by atomic mass is 10.2. The van der Waals surface area contributed by atoms with Crippen LogP contribution in [0.5, 0.6) is 0 Å². The van der Waals surface area contributed by atoms with Gasteiger partial charge in [0.1, 0.15) is 6.07 Å². The predicted octanol–water partition coefficient (Wildman–Crippen LogP) is 3.90. The number of nitriles is 1. The fourth-order valence-electron chi connectivity index (χ4n) is 2.16. The quantitative estimate of drug-likeness (QED) is 0.723. The Balaban J connectivity index is 2.11. The van der Waals surface area contributed by atoms with Gasteiger partial charge in [0.15, 0.2) is 5.69 Å². The Morgan fingerprint density at radius 1 is 1.14 bits per heavy atom. The molecule has 1 heterocycles. The van der Waals surface area contributed by atoms with E-state index in [1.54, 1.807) is 0 Å². The molecule has 4 heteroatoms. The van der Waals surface area contributed by atoms with Gasteiger partial charge in [-0.15, -0.1) is 5.10 Å². The topological polar surface area (TPSA) is 54.5 Å². The summed E-state index contributed by atoms with van der Waals surface area (Å²) in [6.45, 7) is 3.00. The number of hydrogen-bond acceptors (Lipinski definition) is 3. The molecule has 0 aliphatic heterocycles. The summed E-state index contributed by atoms with van der Waals surface area (Å²) in [5.41, 5.74) is 2.27. The van der Waals surface area contributed by atoms with Gasteiger partial charge in [0.05, 0.1) is 5.69 Å². The predicted molar refractivity (Wildman–Crippen MR) is 84.2 cm³/mol. The standard InChI is InChI=1S/C17H20N4/c1-2-3-4-8-13-21-17(16(14-18)19-20-21)12-11-15-9-6-5-7-10-15/h5-7,9-12H,2-4,8,13H2,1H3/b12-11+. The molecule has 2 aromatic rings. The Bertz CT molecular complexity index is 620. The lowest BCUT2D eigenvalue weighted by Crippen LogP contribution is -2.03. The van der Waals surface area contributed by atoms with Crippen molar-refractivity contribution in [3.8, 4) is 6.07 Å². The van der Waals surface area contributed by atoms with Crippen LogP contribution in [0.3, 0.4) is 0 Å². The summed E-state index contributed by atoms with van der Waals surface area (Å²) in [5.74, 6) is 0. The lowest BCUT2D eigenvalue weighted by molar-refractivity contribution is 0.525. The van der Waals surface area contributed by atoms with E-state index in [2.05, 4.69) is 23.3 Å². The van der Waals surface area contributed by atoms with Crippen LogP contribution in [0.2, 0.25) is 0 Å². The van der Waals surface area contributed by atoms with Crippen LogP contribution >= 0.6 is 0 Å². The molecule has 2 rings (SSSR count). The molecule has 4 nitrogen and oxygen atoms in total. The summed E-state index contributed by atoms with van der Waals surface area (Å²) in [6.07, 6.45) is 8.60. The Morgan fingerprint density at radius 2 is 1.95 bits per heavy atom. The molecule has 0 saturated heterocycles. The smallest absolute Gasteiger partial charge is 0.190 e. The highest BCUT2D eigenvalue weighted by Crippen LogP contribution is 2.12. The highest BCUT2D eigenvalue weighted by Gasteiger charge is 2.09. The Labute approximate surface area is 125 Å². The van der Waals surface area contributed by atoms with Crippen molar-refractivity contribution in [3.05, 3.63) is 47.3 Å². The Kier molecular flexibility index (Phi) is 5.71. The van der Waals surface area contributed by atoms with Gasteiger partial charge in [0.25, 0.3) is 0 Å². The van der Waals surface area contributed by atoms with Gasteiger partial charge in [0.2, 0.25) is 0 Å². The number of benzene rings is 1. The number of aryl methyl sites for hydroxylation is 1. The summed E-state index contributed by atoms with van der Waals surface area (Å²) in [5, 5.41) is 17.2. The van der Waals surface area contributed by atoms with E-state index in [0.29, 0.717) is 5.69 Å². The maximum atomic E-state index is 9.14. The van der Waals surface area contributed by atoms with Gasteiger partial charge in [-0.05, 0) is 18.1 Å². The van der Waals surface area contributed by atoms with Crippen LogP contribution in [0.15, 0.2) is 30.3 Å². The third-order valence-corrected chi connectivity index (χ3v) is 3.34. The molecule has 0 saturated carbocycles. The molecule has 0 spiro atoms. The van der Waals surface area contributed by atoms with Gasteiger partial charge in [0, 0.05) is 6.54 Å². The summed E-state index contributed by atoms with van der Waals surface area (Å²) in [4.78, 5) is 0. The van der Waals surface area contributed by atoms with Crippen molar-refractivity contribution < 1.29 is 0 Å². The molecule has 1 aromatic carbocycles. The Hall–Kier alpha value is -2.41. The van der Waals surface area contributed by atoms with Crippen LogP contribution in [0.1, 0.15) is 49.6 Å². The maximum Gasteiger partial charge on any atom is 0.190 e. The number of hydrogen-bond donors (Lipinski definition) is 0. The van der Waals surface area contributed by atoms with E-state index in [-0.39, 0.29) is 0 Å². The SMILES string of the molecule is CCCCCCn1nnc(C#N)c1/C=C/c1ccccc1. The van der Waals surface area contributed by atoms with Gasteiger partial charge in [-0.25, -0.2) is 4.68 Å². The zero-order valence-corrected chi connectivity index (χ0v) is 12.4. The van der Waals surface area contributed by atoms with Crippen LogP contribution in [0.4, 0.5) is 0 Å². The normalized spacial score (nSPS) is 10.9. The first-order valence-corrected chi connectivity index (χ1v) is 7.42. The maximum absolute atomic E-state index is 9.14. The summed E-state index contributed by atoms with van der Waals surface area (Å²) in [6, 6.07) is 12.1. The number of unbranched alkanes of at least 4 members (excludes halogenated alkanes) is 3. The molecular weight excluding hydrogens is 260 g/mol. The van der Waals surface area contributed by atoms with Crippen LogP contribution in [0, 0.1) is 11.3 Å². The highest BCUT2D eigenvalue weighted by atomic mass is 15.4. The first kappa shape index (κ1) is 15.0. The van der Waals surface area contributed by atoms with Gasteiger partial charge < -0.3 is 0 Å². The second kappa shape index (κ2) is 8.01. The lowest BCUT2D eigenvalue weighted by Gasteiger charge is -2.03. The second-order valence-electron chi connectivity index (χ2n) is 4.96. The largest absolute Gasteiger partial charge is 0.244 e. The van der Waals surface area contributed by atoms with E-state index in [1.807, 2.05) is 47.2 Å². The van der Waals surface area contributed by atoms with Crippen molar-refractivity contribution in [3.63, 3.8) is 0 Å². The fraction of sp³-hybridized carbons (Fsp3) is 0.353. The molecule has 108 valence electrons. The van der Waals surface area contributed by atoms with Crippen molar-refractivity contribution in [1.82, 2.24) is 15.0 Å². The molecule has 0 amide bonds. The van der Waals surface area contributed by atoms with Gasteiger partial charge in [-0.2, -0.15) is 5.26 Å². The molecule has 0 unspecified atom stereocenters. The van der Waals surface area contributed by atoms with E-state index in [1.165, 1.54) is 19.3 Å².